The predicted octanol–water partition coefficient (Wildman–Crippen LogP) is 3.54. The van der Waals surface area contributed by atoms with E-state index in [0.717, 1.165) is 28.2 Å². The third kappa shape index (κ3) is 2.74. The second-order valence-corrected chi connectivity index (χ2v) is 6.30. The number of pyridine rings is 1. The maximum Gasteiger partial charge on any atom is 0.139 e. The average molecular weight is 301 g/mol. The first kappa shape index (κ1) is 14.4. The van der Waals surface area contributed by atoms with Crippen LogP contribution in [-0.2, 0) is 0 Å². The number of rotatable bonds is 3. The molecule has 0 atom stereocenters. The number of hydrogen-bond donors (Lipinski definition) is 1. The lowest BCUT2D eigenvalue weighted by molar-refractivity contribution is 0.462. The van der Waals surface area contributed by atoms with Crippen molar-refractivity contribution in [1.29, 1.82) is 0 Å². The van der Waals surface area contributed by atoms with Crippen molar-refractivity contribution >= 4 is 24.8 Å². The standard InChI is InChI=1S/C19H20BN3/c20-16-11-5-4-10-15(16)18-19(21-14-8-2-1-3-9-14)23-13-7-6-12-17(23)22-18/h4-7,10-14,21H,1-3,8-9H2. The van der Waals surface area contributed by atoms with E-state index in [0.29, 0.717) is 6.04 Å². The number of anilines is 1. The van der Waals surface area contributed by atoms with Crippen LogP contribution in [0, 0.1) is 0 Å². The molecule has 23 heavy (non-hydrogen) atoms. The molecule has 2 radical (unpaired) electrons. The summed E-state index contributed by atoms with van der Waals surface area (Å²) in [5.74, 6) is 1.06. The number of imidazole rings is 1. The van der Waals surface area contributed by atoms with Crippen LogP contribution >= 0.6 is 0 Å². The van der Waals surface area contributed by atoms with E-state index in [9.17, 15) is 0 Å². The van der Waals surface area contributed by atoms with Crippen LogP contribution in [0.4, 0.5) is 5.82 Å². The number of fused-ring (bicyclic) bond motifs is 1. The fourth-order valence-corrected chi connectivity index (χ4v) is 3.47. The molecular formula is C19H20BN3. The fraction of sp³-hybridized carbons (Fsp3) is 0.316. The quantitative estimate of drug-likeness (QED) is 0.750. The summed E-state index contributed by atoms with van der Waals surface area (Å²) in [5.41, 5.74) is 3.65. The number of nitrogens with one attached hydrogen (secondary N) is 1. The van der Waals surface area contributed by atoms with Gasteiger partial charge >= 0.3 is 0 Å². The molecule has 0 aliphatic heterocycles. The SMILES string of the molecule is [B]c1ccccc1-c1nc2ccccn2c1NC1CCCCC1. The van der Waals surface area contributed by atoms with E-state index in [1.807, 2.05) is 42.5 Å². The lowest BCUT2D eigenvalue weighted by atomic mass is 9.89. The van der Waals surface area contributed by atoms with Gasteiger partial charge in [0.25, 0.3) is 0 Å². The van der Waals surface area contributed by atoms with E-state index < -0.39 is 0 Å². The molecule has 3 nitrogen and oxygen atoms in total. The Balaban J connectivity index is 1.83. The Labute approximate surface area is 138 Å². The van der Waals surface area contributed by atoms with E-state index in [4.69, 9.17) is 12.8 Å². The highest BCUT2D eigenvalue weighted by atomic mass is 15.1. The lowest BCUT2D eigenvalue weighted by Crippen LogP contribution is -2.23. The highest BCUT2D eigenvalue weighted by molar-refractivity contribution is 6.36. The van der Waals surface area contributed by atoms with E-state index in [1.165, 1.54) is 32.1 Å². The van der Waals surface area contributed by atoms with Crippen LogP contribution < -0.4 is 10.8 Å². The molecule has 0 amide bonds. The van der Waals surface area contributed by atoms with Gasteiger partial charge < -0.3 is 5.32 Å². The van der Waals surface area contributed by atoms with Crippen LogP contribution in [0.1, 0.15) is 32.1 Å². The Morgan fingerprint density at radius 1 is 1.00 bits per heavy atom. The number of hydrogen-bond acceptors (Lipinski definition) is 2. The molecule has 2 aromatic heterocycles. The molecule has 1 N–H and O–H groups in total. The average Bonchev–Trinajstić information content (AvgIpc) is 2.95. The van der Waals surface area contributed by atoms with Gasteiger partial charge in [0.1, 0.15) is 25.0 Å². The van der Waals surface area contributed by atoms with Gasteiger partial charge in [-0.15, -0.1) is 0 Å². The summed E-state index contributed by atoms with van der Waals surface area (Å²) in [4.78, 5) is 4.83. The zero-order valence-electron chi connectivity index (χ0n) is 13.2. The molecule has 1 aromatic carbocycles. The largest absolute Gasteiger partial charge is 0.367 e. The first-order valence-electron chi connectivity index (χ1n) is 8.41. The summed E-state index contributed by atoms with van der Waals surface area (Å²) >= 11 is 0. The van der Waals surface area contributed by atoms with Gasteiger partial charge in [-0.2, -0.15) is 0 Å². The Kier molecular flexibility index (Phi) is 3.82. The third-order valence-corrected chi connectivity index (χ3v) is 4.69. The molecule has 3 aromatic rings. The van der Waals surface area contributed by atoms with E-state index in [-0.39, 0.29) is 0 Å². The van der Waals surface area contributed by atoms with Gasteiger partial charge in [0.15, 0.2) is 0 Å². The Hall–Kier alpha value is -2.23. The minimum Gasteiger partial charge on any atom is -0.367 e. The highest BCUT2D eigenvalue weighted by Gasteiger charge is 2.19. The number of nitrogens with zero attached hydrogens (tertiary/aromatic N) is 2. The molecule has 0 unspecified atom stereocenters. The molecule has 4 heteroatoms. The first-order chi connectivity index (χ1) is 11.3. The molecule has 2 heterocycles. The van der Waals surface area contributed by atoms with Gasteiger partial charge in [0.05, 0.1) is 0 Å². The predicted molar refractivity (Wildman–Crippen MR) is 96.5 cm³/mol. The van der Waals surface area contributed by atoms with Crippen molar-refractivity contribution in [1.82, 2.24) is 9.38 Å². The summed E-state index contributed by atoms with van der Waals surface area (Å²) in [6, 6.07) is 14.6. The zero-order chi connectivity index (χ0) is 15.6. The van der Waals surface area contributed by atoms with Crippen LogP contribution in [0.5, 0.6) is 0 Å². The normalized spacial score (nSPS) is 15.8. The Morgan fingerprint density at radius 3 is 2.61 bits per heavy atom. The monoisotopic (exact) mass is 301 g/mol. The van der Waals surface area contributed by atoms with Crippen molar-refractivity contribution < 1.29 is 0 Å². The van der Waals surface area contributed by atoms with Crippen molar-refractivity contribution in [3.8, 4) is 11.3 Å². The van der Waals surface area contributed by atoms with Crippen LogP contribution in [-0.4, -0.2) is 23.3 Å². The van der Waals surface area contributed by atoms with Gasteiger partial charge in [0, 0.05) is 12.2 Å². The van der Waals surface area contributed by atoms with Crippen molar-refractivity contribution in [2.75, 3.05) is 5.32 Å². The molecule has 0 bridgehead atoms. The van der Waals surface area contributed by atoms with E-state index in [1.54, 1.807) is 0 Å². The maximum absolute atomic E-state index is 6.20. The third-order valence-electron chi connectivity index (χ3n) is 4.69. The Morgan fingerprint density at radius 2 is 1.78 bits per heavy atom. The van der Waals surface area contributed by atoms with Gasteiger partial charge in [-0.05, 0) is 30.5 Å². The maximum atomic E-state index is 6.20. The zero-order valence-corrected chi connectivity index (χ0v) is 13.2. The molecular weight excluding hydrogens is 281 g/mol. The summed E-state index contributed by atoms with van der Waals surface area (Å²) in [6.07, 6.45) is 8.47. The Bertz CT molecular complexity index is 818. The van der Waals surface area contributed by atoms with Crippen molar-refractivity contribution in [2.45, 2.75) is 38.1 Å². The molecule has 1 saturated carbocycles. The minimum absolute atomic E-state index is 0.521. The summed E-state index contributed by atoms with van der Waals surface area (Å²) in [6.45, 7) is 0. The molecule has 0 spiro atoms. The minimum atomic E-state index is 0.521. The molecule has 1 aliphatic carbocycles. The van der Waals surface area contributed by atoms with Gasteiger partial charge in [-0.3, -0.25) is 4.40 Å². The number of aromatic nitrogens is 2. The summed E-state index contributed by atoms with van der Waals surface area (Å²) in [7, 11) is 6.20. The van der Waals surface area contributed by atoms with Crippen molar-refractivity contribution in [3.05, 3.63) is 48.7 Å². The van der Waals surface area contributed by atoms with Gasteiger partial charge in [-0.25, -0.2) is 4.98 Å². The molecule has 0 saturated heterocycles. The highest BCUT2D eigenvalue weighted by Crippen LogP contribution is 2.30. The summed E-state index contributed by atoms with van der Waals surface area (Å²) in [5, 5.41) is 3.74. The number of benzene rings is 1. The van der Waals surface area contributed by atoms with Crippen LogP contribution in [0.25, 0.3) is 16.9 Å². The van der Waals surface area contributed by atoms with Gasteiger partial charge in [-0.1, -0.05) is 55.1 Å². The van der Waals surface area contributed by atoms with Crippen molar-refractivity contribution in [2.24, 2.45) is 0 Å². The van der Waals surface area contributed by atoms with E-state index >= 15 is 0 Å². The van der Waals surface area contributed by atoms with Crippen LogP contribution in [0.2, 0.25) is 0 Å². The van der Waals surface area contributed by atoms with E-state index in [2.05, 4.69) is 15.9 Å². The van der Waals surface area contributed by atoms with Gasteiger partial charge in [0.2, 0.25) is 0 Å². The second kappa shape index (κ2) is 6.11. The molecule has 4 rings (SSSR count). The topological polar surface area (TPSA) is 29.3 Å². The summed E-state index contributed by atoms with van der Waals surface area (Å²) < 4.78 is 2.14. The van der Waals surface area contributed by atoms with Crippen LogP contribution in [0.3, 0.4) is 0 Å². The van der Waals surface area contributed by atoms with Crippen molar-refractivity contribution in [3.63, 3.8) is 0 Å². The molecule has 1 aliphatic rings. The van der Waals surface area contributed by atoms with Crippen LogP contribution in [0.15, 0.2) is 48.7 Å². The molecule has 114 valence electrons. The fourth-order valence-electron chi connectivity index (χ4n) is 3.47. The smallest absolute Gasteiger partial charge is 0.139 e. The lowest BCUT2D eigenvalue weighted by Gasteiger charge is -2.24. The molecule has 1 fully saturated rings. The second-order valence-electron chi connectivity index (χ2n) is 6.30. The first-order valence-corrected chi connectivity index (χ1v) is 8.41.